The Kier molecular flexibility index (Phi) is 4.43. The molecule has 3 heteroatoms. The van der Waals surface area contributed by atoms with Crippen molar-refractivity contribution in [2.75, 3.05) is 19.6 Å². The zero-order chi connectivity index (χ0) is 11.2. The highest BCUT2D eigenvalue weighted by atomic mass is 15.1. The lowest BCUT2D eigenvalue weighted by atomic mass is 10.1. The van der Waals surface area contributed by atoms with Crippen molar-refractivity contribution >= 4 is 0 Å². The maximum absolute atomic E-state index is 3.56. The number of hydrogen-bond donors (Lipinski definition) is 2. The minimum atomic E-state index is 0.571. The number of aromatic amines is 1. The highest BCUT2D eigenvalue weighted by Crippen LogP contribution is 2.08. The fourth-order valence-electron chi connectivity index (χ4n) is 2.36. The Morgan fingerprint density at radius 3 is 2.88 bits per heavy atom. The van der Waals surface area contributed by atoms with E-state index in [9.17, 15) is 0 Å². The van der Waals surface area contributed by atoms with Gasteiger partial charge >= 0.3 is 0 Å². The number of aromatic nitrogens is 1. The molecule has 1 saturated heterocycles. The summed E-state index contributed by atoms with van der Waals surface area (Å²) < 4.78 is 0. The van der Waals surface area contributed by atoms with Crippen molar-refractivity contribution < 1.29 is 0 Å². The van der Waals surface area contributed by atoms with Crippen molar-refractivity contribution in [2.45, 2.75) is 38.8 Å². The Morgan fingerprint density at radius 2 is 2.19 bits per heavy atom. The molecule has 0 aromatic carbocycles. The second kappa shape index (κ2) is 6.06. The van der Waals surface area contributed by atoms with Crippen LogP contribution in [-0.2, 0) is 6.54 Å². The highest BCUT2D eigenvalue weighted by Gasteiger charge is 2.12. The molecule has 16 heavy (non-hydrogen) atoms. The van der Waals surface area contributed by atoms with Crippen LogP contribution in [0.4, 0.5) is 0 Å². The van der Waals surface area contributed by atoms with Gasteiger partial charge in [0.05, 0.1) is 0 Å². The third-order valence-electron chi connectivity index (χ3n) is 3.28. The van der Waals surface area contributed by atoms with Crippen molar-refractivity contribution in [3.63, 3.8) is 0 Å². The van der Waals surface area contributed by atoms with Crippen LogP contribution in [0.1, 0.15) is 31.9 Å². The van der Waals surface area contributed by atoms with Crippen molar-refractivity contribution in [1.29, 1.82) is 0 Å². The molecule has 1 aliphatic heterocycles. The first-order chi connectivity index (χ1) is 7.84. The van der Waals surface area contributed by atoms with E-state index in [1.807, 2.05) is 12.3 Å². The van der Waals surface area contributed by atoms with E-state index in [2.05, 4.69) is 28.2 Å². The molecule has 1 fully saturated rings. The lowest BCUT2D eigenvalue weighted by Gasteiger charge is -2.29. The van der Waals surface area contributed by atoms with Crippen LogP contribution in [0.5, 0.6) is 0 Å². The molecule has 3 nitrogen and oxygen atoms in total. The van der Waals surface area contributed by atoms with Crippen LogP contribution in [0.3, 0.4) is 0 Å². The summed E-state index contributed by atoms with van der Waals surface area (Å²) in [6.07, 6.45) is 6.15. The van der Waals surface area contributed by atoms with E-state index < -0.39 is 0 Å². The zero-order valence-electron chi connectivity index (χ0n) is 10.2. The molecule has 1 aromatic rings. The summed E-state index contributed by atoms with van der Waals surface area (Å²) in [6.45, 7) is 6.98. The molecule has 2 heterocycles. The molecule has 2 rings (SSSR count). The topological polar surface area (TPSA) is 31.1 Å². The fraction of sp³-hybridized carbons (Fsp3) is 0.692. The molecule has 0 saturated carbocycles. The van der Waals surface area contributed by atoms with E-state index in [0.717, 1.165) is 6.54 Å². The highest BCUT2D eigenvalue weighted by molar-refractivity contribution is 5.03. The summed E-state index contributed by atoms with van der Waals surface area (Å²) in [5, 5.41) is 3.56. The monoisotopic (exact) mass is 221 g/mol. The second-order valence-corrected chi connectivity index (χ2v) is 4.84. The molecule has 90 valence electrons. The summed E-state index contributed by atoms with van der Waals surface area (Å²) >= 11 is 0. The van der Waals surface area contributed by atoms with E-state index in [4.69, 9.17) is 0 Å². The van der Waals surface area contributed by atoms with E-state index >= 15 is 0 Å². The molecule has 0 amide bonds. The number of piperidine rings is 1. The lowest BCUT2D eigenvalue weighted by molar-refractivity contribution is 0.208. The van der Waals surface area contributed by atoms with Crippen molar-refractivity contribution in [1.82, 2.24) is 15.2 Å². The largest absolute Gasteiger partial charge is 0.364 e. The van der Waals surface area contributed by atoms with Gasteiger partial charge in [-0.25, -0.2) is 0 Å². The Morgan fingerprint density at radius 1 is 1.38 bits per heavy atom. The van der Waals surface area contributed by atoms with E-state index in [1.165, 1.54) is 44.6 Å². The number of likely N-dealkylation sites (tertiary alicyclic amines) is 1. The van der Waals surface area contributed by atoms with Gasteiger partial charge in [0.2, 0.25) is 0 Å². The Balaban J connectivity index is 1.65. The molecule has 0 aliphatic carbocycles. The molecule has 1 atom stereocenters. The predicted octanol–water partition coefficient (Wildman–Crippen LogP) is 1.98. The molecule has 1 unspecified atom stereocenters. The first kappa shape index (κ1) is 11.7. The van der Waals surface area contributed by atoms with Crippen LogP contribution >= 0.6 is 0 Å². The van der Waals surface area contributed by atoms with E-state index in [1.54, 1.807) is 0 Å². The van der Waals surface area contributed by atoms with Gasteiger partial charge in [0.1, 0.15) is 0 Å². The maximum Gasteiger partial charge on any atom is 0.0360 e. The van der Waals surface area contributed by atoms with Crippen molar-refractivity contribution in [3.8, 4) is 0 Å². The Labute approximate surface area is 98.2 Å². The summed E-state index contributed by atoms with van der Waals surface area (Å²) in [5.74, 6) is 0. The van der Waals surface area contributed by atoms with Crippen LogP contribution < -0.4 is 5.32 Å². The first-order valence-electron chi connectivity index (χ1n) is 6.42. The molecule has 1 aromatic heterocycles. The van der Waals surface area contributed by atoms with Gasteiger partial charge in [-0.3, -0.25) is 0 Å². The third-order valence-corrected chi connectivity index (χ3v) is 3.28. The van der Waals surface area contributed by atoms with Gasteiger partial charge in [-0.15, -0.1) is 0 Å². The van der Waals surface area contributed by atoms with Gasteiger partial charge in [-0.2, -0.15) is 0 Å². The molecule has 0 bridgehead atoms. The average Bonchev–Trinajstić information content (AvgIpc) is 2.81. The summed E-state index contributed by atoms with van der Waals surface area (Å²) in [4.78, 5) is 5.80. The van der Waals surface area contributed by atoms with E-state index in [-0.39, 0.29) is 0 Å². The third kappa shape index (κ3) is 3.65. The zero-order valence-corrected chi connectivity index (χ0v) is 10.2. The summed E-state index contributed by atoms with van der Waals surface area (Å²) in [6, 6.07) is 4.74. The minimum Gasteiger partial charge on any atom is -0.364 e. The summed E-state index contributed by atoms with van der Waals surface area (Å²) in [5.41, 5.74) is 1.27. The van der Waals surface area contributed by atoms with E-state index in [0.29, 0.717) is 6.04 Å². The normalized spacial score (nSPS) is 19.8. The number of H-pyrrole nitrogens is 1. The molecule has 1 aliphatic rings. The van der Waals surface area contributed by atoms with Crippen molar-refractivity contribution in [3.05, 3.63) is 24.0 Å². The molecule has 0 radical (unpaired) electrons. The van der Waals surface area contributed by atoms with Gasteiger partial charge in [0, 0.05) is 31.0 Å². The van der Waals surface area contributed by atoms with Crippen LogP contribution in [0.2, 0.25) is 0 Å². The molecular weight excluding hydrogens is 198 g/mol. The lowest BCUT2D eigenvalue weighted by Crippen LogP contribution is -2.41. The maximum atomic E-state index is 3.56. The first-order valence-corrected chi connectivity index (χ1v) is 6.42. The van der Waals surface area contributed by atoms with Crippen LogP contribution in [0.15, 0.2) is 18.3 Å². The fourth-order valence-corrected chi connectivity index (χ4v) is 2.36. The molecular formula is C13H23N3. The van der Waals surface area contributed by atoms with Gasteiger partial charge in [0.15, 0.2) is 0 Å². The summed E-state index contributed by atoms with van der Waals surface area (Å²) in [7, 11) is 0. The van der Waals surface area contributed by atoms with Gasteiger partial charge in [-0.1, -0.05) is 6.42 Å². The average molecular weight is 221 g/mol. The van der Waals surface area contributed by atoms with Crippen molar-refractivity contribution in [2.24, 2.45) is 0 Å². The standard InChI is InChI=1S/C13H23N3/c1-12(11-16-8-3-2-4-9-16)15-10-13-6-5-7-14-13/h5-7,12,14-15H,2-4,8-11H2,1H3. The Hall–Kier alpha value is -0.800. The van der Waals surface area contributed by atoms with Crippen LogP contribution in [-0.4, -0.2) is 35.6 Å². The van der Waals surface area contributed by atoms with Crippen LogP contribution in [0, 0.1) is 0 Å². The number of hydrogen-bond acceptors (Lipinski definition) is 2. The Bertz CT molecular complexity index is 275. The van der Waals surface area contributed by atoms with Gasteiger partial charge < -0.3 is 15.2 Å². The minimum absolute atomic E-state index is 0.571. The number of nitrogens with one attached hydrogen (secondary N) is 2. The number of nitrogens with zero attached hydrogens (tertiary/aromatic N) is 1. The number of rotatable bonds is 5. The second-order valence-electron chi connectivity index (χ2n) is 4.84. The smallest absolute Gasteiger partial charge is 0.0360 e. The molecule has 0 spiro atoms. The SMILES string of the molecule is CC(CN1CCCCC1)NCc1ccc[nH]1. The predicted molar refractivity (Wildman–Crippen MR) is 67.4 cm³/mol. The van der Waals surface area contributed by atoms with Crippen LogP contribution in [0.25, 0.3) is 0 Å². The molecule has 2 N–H and O–H groups in total. The quantitative estimate of drug-likeness (QED) is 0.796. The van der Waals surface area contributed by atoms with Gasteiger partial charge in [-0.05, 0) is 45.0 Å². The van der Waals surface area contributed by atoms with Gasteiger partial charge in [0.25, 0.3) is 0 Å².